The van der Waals surface area contributed by atoms with Gasteiger partial charge in [0.1, 0.15) is 5.56 Å². The smallest absolute Gasteiger partial charge is 0.286 e. The Kier molecular flexibility index (Phi) is 7.20. The first-order chi connectivity index (χ1) is 12.5. The fourth-order valence-corrected chi connectivity index (χ4v) is 3.46. The van der Waals surface area contributed by atoms with E-state index in [2.05, 4.69) is 5.32 Å². The number of nitrogens with zero attached hydrogens (tertiary/aromatic N) is 1. The molecule has 1 atom stereocenters. The minimum absolute atomic E-state index is 0.0477. The molecule has 1 aromatic carbocycles. The molecular formula is C18H27N3O5. The summed E-state index contributed by atoms with van der Waals surface area (Å²) in [5.74, 6) is 0.313. The van der Waals surface area contributed by atoms with Crippen LogP contribution in [0.3, 0.4) is 0 Å². The molecule has 1 unspecified atom stereocenters. The van der Waals surface area contributed by atoms with Crippen LogP contribution in [-0.2, 0) is 0 Å². The van der Waals surface area contributed by atoms with Crippen LogP contribution in [0.5, 0.6) is 11.5 Å². The maximum Gasteiger partial charge on any atom is 0.286 e. The molecule has 26 heavy (non-hydrogen) atoms. The zero-order chi connectivity index (χ0) is 19.1. The monoisotopic (exact) mass is 365 g/mol. The van der Waals surface area contributed by atoms with Gasteiger partial charge in [0.2, 0.25) is 0 Å². The Labute approximate surface area is 153 Å². The van der Waals surface area contributed by atoms with Crippen LogP contribution in [0.4, 0.5) is 5.69 Å². The first-order valence-electron chi connectivity index (χ1n) is 9.01. The SMILES string of the molecule is CCOc1cc(C(=O)NC(CN)C2CCCCC2)c([N+](=O)[O-])cc1OC. The lowest BCUT2D eigenvalue weighted by Gasteiger charge is -2.30. The number of carbonyl (C=O) groups excluding carboxylic acids is 1. The van der Waals surface area contributed by atoms with Crippen molar-refractivity contribution in [2.24, 2.45) is 11.7 Å². The molecule has 0 saturated heterocycles. The van der Waals surface area contributed by atoms with Gasteiger partial charge in [-0.25, -0.2) is 0 Å². The van der Waals surface area contributed by atoms with E-state index >= 15 is 0 Å². The quantitative estimate of drug-likeness (QED) is 0.540. The number of amides is 1. The second kappa shape index (κ2) is 9.38. The molecule has 144 valence electrons. The highest BCUT2D eigenvalue weighted by molar-refractivity contribution is 5.99. The summed E-state index contributed by atoms with van der Waals surface area (Å²) in [7, 11) is 1.40. The van der Waals surface area contributed by atoms with Gasteiger partial charge in [0.15, 0.2) is 11.5 Å². The average molecular weight is 365 g/mol. The highest BCUT2D eigenvalue weighted by Gasteiger charge is 2.29. The number of methoxy groups -OCH3 is 1. The van der Waals surface area contributed by atoms with Gasteiger partial charge in [-0.3, -0.25) is 14.9 Å². The molecule has 0 radical (unpaired) electrons. The third-order valence-electron chi connectivity index (χ3n) is 4.81. The third-order valence-corrected chi connectivity index (χ3v) is 4.81. The molecule has 1 aliphatic rings. The largest absolute Gasteiger partial charge is 0.493 e. The van der Waals surface area contributed by atoms with Crippen molar-refractivity contribution >= 4 is 11.6 Å². The van der Waals surface area contributed by atoms with Gasteiger partial charge in [-0.15, -0.1) is 0 Å². The van der Waals surface area contributed by atoms with E-state index in [0.717, 1.165) is 25.7 Å². The number of carbonyl (C=O) groups is 1. The van der Waals surface area contributed by atoms with E-state index in [0.29, 0.717) is 24.8 Å². The van der Waals surface area contributed by atoms with Crippen LogP contribution in [0.25, 0.3) is 0 Å². The van der Waals surface area contributed by atoms with Crippen molar-refractivity contribution in [3.63, 3.8) is 0 Å². The van der Waals surface area contributed by atoms with Crippen LogP contribution in [0.1, 0.15) is 49.4 Å². The number of hydrogen-bond donors (Lipinski definition) is 2. The summed E-state index contributed by atoms with van der Waals surface area (Å²) in [5, 5.41) is 14.3. The van der Waals surface area contributed by atoms with E-state index in [1.165, 1.54) is 25.7 Å². The molecule has 1 fully saturated rings. The Bertz CT molecular complexity index is 644. The van der Waals surface area contributed by atoms with Crippen LogP contribution >= 0.6 is 0 Å². The Morgan fingerprint density at radius 2 is 2.04 bits per heavy atom. The summed E-state index contributed by atoms with van der Waals surface area (Å²) in [6.07, 6.45) is 5.46. The second-order valence-electron chi connectivity index (χ2n) is 6.42. The zero-order valence-electron chi connectivity index (χ0n) is 15.3. The summed E-state index contributed by atoms with van der Waals surface area (Å²) in [4.78, 5) is 23.6. The van der Waals surface area contributed by atoms with Crippen LogP contribution in [-0.4, -0.2) is 37.1 Å². The van der Waals surface area contributed by atoms with Gasteiger partial charge >= 0.3 is 0 Å². The van der Waals surface area contributed by atoms with E-state index in [9.17, 15) is 14.9 Å². The fourth-order valence-electron chi connectivity index (χ4n) is 3.46. The van der Waals surface area contributed by atoms with Gasteiger partial charge in [-0.05, 0) is 25.7 Å². The molecule has 1 aromatic rings. The standard InChI is InChI=1S/C18H27N3O5/c1-3-26-17-9-13(15(21(23)24)10-16(17)25-2)18(22)20-14(11-19)12-7-5-4-6-8-12/h9-10,12,14H,3-8,11,19H2,1-2H3,(H,20,22). The molecule has 1 saturated carbocycles. The number of nitro benzene ring substituents is 1. The number of ether oxygens (including phenoxy) is 2. The van der Waals surface area contributed by atoms with Crippen LogP contribution in [0.15, 0.2) is 12.1 Å². The fraction of sp³-hybridized carbons (Fsp3) is 0.611. The van der Waals surface area contributed by atoms with Crippen molar-refractivity contribution in [2.45, 2.75) is 45.1 Å². The Hall–Kier alpha value is -2.35. The van der Waals surface area contributed by atoms with Crippen LogP contribution in [0.2, 0.25) is 0 Å². The highest BCUT2D eigenvalue weighted by atomic mass is 16.6. The lowest BCUT2D eigenvalue weighted by atomic mass is 9.84. The molecule has 8 heteroatoms. The van der Waals surface area contributed by atoms with Crippen molar-refractivity contribution in [2.75, 3.05) is 20.3 Å². The molecular weight excluding hydrogens is 338 g/mol. The van der Waals surface area contributed by atoms with E-state index < -0.39 is 10.8 Å². The number of rotatable bonds is 8. The van der Waals surface area contributed by atoms with Gasteiger partial charge in [-0.2, -0.15) is 0 Å². The highest BCUT2D eigenvalue weighted by Crippen LogP contribution is 2.35. The van der Waals surface area contributed by atoms with Gasteiger partial charge in [0.25, 0.3) is 11.6 Å². The first kappa shape index (κ1) is 20.0. The van der Waals surface area contributed by atoms with Crippen molar-refractivity contribution in [3.8, 4) is 11.5 Å². The molecule has 2 rings (SSSR count). The topological polar surface area (TPSA) is 117 Å². The Balaban J connectivity index is 2.30. The maximum atomic E-state index is 12.8. The predicted octanol–water partition coefficient (Wildman–Crippen LogP) is 2.64. The first-order valence-corrected chi connectivity index (χ1v) is 9.01. The van der Waals surface area contributed by atoms with Gasteiger partial charge in [0, 0.05) is 18.7 Å². The summed E-state index contributed by atoms with van der Waals surface area (Å²) >= 11 is 0. The molecule has 1 aliphatic carbocycles. The number of nitrogens with two attached hydrogens (primary N) is 1. The van der Waals surface area contributed by atoms with Crippen molar-refractivity contribution < 1.29 is 19.2 Å². The number of benzene rings is 1. The molecule has 0 heterocycles. The van der Waals surface area contributed by atoms with Crippen molar-refractivity contribution in [1.82, 2.24) is 5.32 Å². The molecule has 0 bridgehead atoms. The van der Waals surface area contributed by atoms with E-state index in [1.807, 2.05) is 0 Å². The Morgan fingerprint density at radius 1 is 1.35 bits per heavy atom. The normalized spacial score (nSPS) is 16.0. The number of hydrogen-bond acceptors (Lipinski definition) is 6. The molecule has 3 N–H and O–H groups in total. The molecule has 0 spiro atoms. The molecule has 1 amide bonds. The maximum absolute atomic E-state index is 12.8. The van der Waals surface area contributed by atoms with E-state index in [-0.39, 0.29) is 23.0 Å². The second-order valence-corrected chi connectivity index (χ2v) is 6.42. The third kappa shape index (κ3) is 4.63. The molecule has 0 aromatic heterocycles. The number of nitrogens with one attached hydrogen (secondary N) is 1. The van der Waals surface area contributed by atoms with E-state index in [4.69, 9.17) is 15.2 Å². The van der Waals surface area contributed by atoms with Crippen LogP contribution < -0.4 is 20.5 Å². The lowest BCUT2D eigenvalue weighted by molar-refractivity contribution is -0.385. The minimum Gasteiger partial charge on any atom is -0.493 e. The summed E-state index contributed by atoms with van der Waals surface area (Å²) in [6, 6.07) is 2.39. The minimum atomic E-state index is -0.592. The van der Waals surface area contributed by atoms with Gasteiger partial charge in [-0.1, -0.05) is 19.3 Å². The summed E-state index contributed by atoms with van der Waals surface area (Å²) < 4.78 is 10.6. The average Bonchev–Trinajstić information content (AvgIpc) is 2.66. The molecule has 0 aliphatic heterocycles. The summed E-state index contributed by atoms with van der Waals surface area (Å²) in [5.41, 5.74) is 5.49. The van der Waals surface area contributed by atoms with Crippen molar-refractivity contribution in [3.05, 3.63) is 27.8 Å². The van der Waals surface area contributed by atoms with Gasteiger partial charge < -0.3 is 20.5 Å². The number of nitro groups is 1. The zero-order valence-corrected chi connectivity index (χ0v) is 15.3. The van der Waals surface area contributed by atoms with Crippen LogP contribution in [0, 0.1) is 16.0 Å². The summed E-state index contributed by atoms with van der Waals surface area (Å²) in [6.45, 7) is 2.44. The predicted molar refractivity (Wildman–Crippen MR) is 97.7 cm³/mol. The van der Waals surface area contributed by atoms with Crippen molar-refractivity contribution in [1.29, 1.82) is 0 Å². The van der Waals surface area contributed by atoms with E-state index in [1.54, 1.807) is 6.92 Å². The molecule has 8 nitrogen and oxygen atoms in total. The Morgan fingerprint density at radius 3 is 2.58 bits per heavy atom. The lowest BCUT2D eigenvalue weighted by Crippen LogP contribution is -2.46. The van der Waals surface area contributed by atoms with Gasteiger partial charge in [0.05, 0.1) is 24.7 Å².